The third-order valence-corrected chi connectivity index (χ3v) is 9.36. The van der Waals surface area contributed by atoms with Gasteiger partial charge in [0.2, 0.25) is 11.8 Å². The lowest BCUT2D eigenvalue weighted by molar-refractivity contribution is -0.140. The minimum absolute atomic E-state index is 0.0903. The van der Waals surface area contributed by atoms with E-state index in [1.807, 2.05) is 6.07 Å². The standard InChI is InChI=1S/C35H35ClF3N3O4S/c1-24(2)40-34(44)32(20-26-8-5-4-6-9-26)41(22-27-14-16-29(36)17-15-27)33(43)23-42(30-11-7-10-28(21-30)35(37,38)39)47(45,46)31-18-12-25(3)13-19-31/h4-19,21,24,32H,20,22-23H2,1-3H3,(H,40,44)/t32-/m1/s1. The summed E-state index contributed by atoms with van der Waals surface area (Å²) in [4.78, 5) is 29.2. The van der Waals surface area contributed by atoms with Gasteiger partial charge in [0.25, 0.3) is 10.0 Å². The Labute approximate surface area is 278 Å². The van der Waals surface area contributed by atoms with Gasteiger partial charge in [0.1, 0.15) is 12.6 Å². The predicted octanol–water partition coefficient (Wildman–Crippen LogP) is 7.03. The van der Waals surface area contributed by atoms with Crippen molar-refractivity contribution < 1.29 is 31.2 Å². The number of hydrogen-bond donors (Lipinski definition) is 1. The highest BCUT2D eigenvalue weighted by Gasteiger charge is 2.36. The summed E-state index contributed by atoms with van der Waals surface area (Å²) in [5.74, 6) is -1.27. The van der Waals surface area contributed by atoms with Crippen LogP contribution in [-0.2, 0) is 38.8 Å². The molecule has 47 heavy (non-hydrogen) atoms. The number of alkyl halides is 3. The van der Waals surface area contributed by atoms with Crippen LogP contribution in [0.2, 0.25) is 5.02 Å². The van der Waals surface area contributed by atoms with Gasteiger partial charge in [-0.15, -0.1) is 0 Å². The molecule has 12 heteroatoms. The highest BCUT2D eigenvalue weighted by atomic mass is 35.5. The Hall–Kier alpha value is -4.35. The number of sulfonamides is 1. The fourth-order valence-electron chi connectivity index (χ4n) is 4.92. The summed E-state index contributed by atoms with van der Waals surface area (Å²) in [5, 5.41) is 3.30. The van der Waals surface area contributed by atoms with Gasteiger partial charge in [0.15, 0.2) is 0 Å². The van der Waals surface area contributed by atoms with Gasteiger partial charge >= 0.3 is 6.18 Å². The van der Waals surface area contributed by atoms with Gasteiger partial charge in [-0.2, -0.15) is 13.2 Å². The molecule has 248 valence electrons. The molecule has 0 bridgehead atoms. The van der Waals surface area contributed by atoms with Gasteiger partial charge in [-0.1, -0.05) is 77.8 Å². The van der Waals surface area contributed by atoms with Crippen molar-refractivity contribution in [2.45, 2.75) is 56.9 Å². The van der Waals surface area contributed by atoms with Crippen molar-refractivity contribution in [2.24, 2.45) is 0 Å². The van der Waals surface area contributed by atoms with E-state index in [0.29, 0.717) is 21.0 Å². The maximum Gasteiger partial charge on any atom is 0.416 e. The molecular weight excluding hydrogens is 651 g/mol. The lowest BCUT2D eigenvalue weighted by Gasteiger charge is -2.34. The van der Waals surface area contributed by atoms with Crippen LogP contribution in [0.4, 0.5) is 18.9 Å². The predicted molar refractivity (Wildman–Crippen MR) is 176 cm³/mol. The van der Waals surface area contributed by atoms with Crippen molar-refractivity contribution in [1.82, 2.24) is 10.2 Å². The van der Waals surface area contributed by atoms with Gasteiger partial charge in [-0.3, -0.25) is 13.9 Å². The van der Waals surface area contributed by atoms with Crippen LogP contribution in [-0.4, -0.2) is 43.8 Å². The second-order valence-electron chi connectivity index (χ2n) is 11.4. The number of anilines is 1. The first-order valence-electron chi connectivity index (χ1n) is 14.8. The zero-order valence-electron chi connectivity index (χ0n) is 26.0. The quantitative estimate of drug-likeness (QED) is 0.174. The largest absolute Gasteiger partial charge is 0.416 e. The number of hydrogen-bond acceptors (Lipinski definition) is 4. The SMILES string of the molecule is Cc1ccc(S(=O)(=O)N(CC(=O)N(Cc2ccc(Cl)cc2)[C@H](Cc2ccccc2)C(=O)NC(C)C)c2cccc(C(F)(F)F)c2)cc1. The topological polar surface area (TPSA) is 86.8 Å². The number of rotatable bonds is 12. The molecule has 1 atom stereocenters. The van der Waals surface area contributed by atoms with Crippen molar-refractivity contribution in [3.8, 4) is 0 Å². The molecule has 0 saturated carbocycles. The average molecular weight is 686 g/mol. The second-order valence-corrected chi connectivity index (χ2v) is 13.7. The summed E-state index contributed by atoms with van der Waals surface area (Å²) in [6, 6.07) is 23.8. The number of halogens is 4. The van der Waals surface area contributed by atoms with E-state index in [2.05, 4.69) is 5.32 Å². The summed E-state index contributed by atoms with van der Waals surface area (Å²) >= 11 is 6.09. The summed E-state index contributed by atoms with van der Waals surface area (Å²) in [5.41, 5.74) is 0.673. The number of carbonyl (C=O) groups is 2. The van der Waals surface area contributed by atoms with Gasteiger partial charge < -0.3 is 10.2 Å². The van der Waals surface area contributed by atoms with E-state index in [9.17, 15) is 31.2 Å². The molecule has 4 aromatic rings. The van der Waals surface area contributed by atoms with Crippen molar-refractivity contribution in [1.29, 1.82) is 0 Å². The van der Waals surface area contributed by atoms with Crippen LogP contribution >= 0.6 is 11.6 Å². The fraction of sp³-hybridized carbons (Fsp3) is 0.257. The Bertz CT molecular complexity index is 1780. The first-order chi connectivity index (χ1) is 22.1. The van der Waals surface area contributed by atoms with E-state index >= 15 is 0 Å². The maximum absolute atomic E-state index is 14.4. The summed E-state index contributed by atoms with van der Waals surface area (Å²) < 4.78 is 70.1. The Morgan fingerprint density at radius 3 is 2.09 bits per heavy atom. The molecule has 0 aliphatic heterocycles. The molecule has 0 saturated heterocycles. The Morgan fingerprint density at radius 1 is 0.851 bits per heavy atom. The Balaban J connectivity index is 1.84. The summed E-state index contributed by atoms with van der Waals surface area (Å²) in [6.07, 6.45) is -4.68. The van der Waals surface area contributed by atoms with Crippen LogP contribution in [0.3, 0.4) is 0 Å². The third-order valence-electron chi connectivity index (χ3n) is 7.32. The van der Waals surface area contributed by atoms with Crippen LogP contribution in [0.15, 0.2) is 108 Å². The molecule has 0 fully saturated rings. The zero-order chi connectivity index (χ0) is 34.4. The molecule has 7 nitrogen and oxygen atoms in total. The molecule has 0 unspecified atom stereocenters. The van der Waals surface area contributed by atoms with Crippen molar-refractivity contribution in [2.75, 3.05) is 10.8 Å². The minimum atomic E-state index is -4.77. The molecule has 4 rings (SSSR count). The van der Waals surface area contributed by atoms with E-state index in [-0.39, 0.29) is 29.6 Å². The maximum atomic E-state index is 14.4. The van der Waals surface area contributed by atoms with Gasteiger partial charge in [-0.25, -0.2) is 8.42 Å². The number of carbonyl (C=O) groups excluding carboxylic acids is 2. The average Bonchev–Trinajstić information content (AvgIpc) is 3.02. The molecule has 1 N–H and O–H groups in total. The van der Waals surface area contributed by atoms with E-state index in [0.717, 1.165) is 23.3 Å². The van der Waals surface area contributed by atoms with E-state index in [1.54, 1.807) is 81.4 Å². The van der Waals surface area contributed by atoms with Gasteiger partial charge in [0.05, 0.1) is 16.1 Å². The number of aryl methyl sites for hydroxylation is 1. The van der Waals surface area contributed by atoms with Crippen molar-refractivity contribution >= 4 is 39.1 Å². The highest BCUT2D eigenvalue weighted by Crippen LogP contribution is 2.33. The van der Waals surface area contributed by atoms with Crippen molar-refractivity contribution in [3.63, 3.8) is 0 Å². The molecule has 0 heterocycles. The molecule has 0 aliphatic rings. The summed E-state index contributed by atoms with van der Waals surface area (Å²) in [7, 11) is -4.56. The monoisotopic (exact) mass is 685 g/mol. The van der Waals surface area contributed by atoms with Crippen LogP contribution in [0, 0.1) is 6.92 Å². The normalized spacial score (nSPS) is 12.4. The molecule has 0 radical (unpaired) electrons. The molecule has 2 amide bonds. The van der Waals surface area contributed by atoms with E-state index in [4.69, 9.17) is 11.6 Å². The van der Waals surface area contributed by atoms with Gasteiger partial charge in [0, 0.05) is 24.0 Å². The number of amides is 2. The lowest BCUT2D eigenvalue weighted by atomic mass is 10.0. The third kappa shape index (κ3) is 9.36. The zero-order valence-corrected chi connectivity index (χ0v) is 27.6. The number of nitrogens with one attached hydrogen (secondary N) is 1. The lowest BCUT2D eigenvalue weighted by Crippen LogP contribution is -2.54. The molecule has 0 spiro atoms. The van der Waals surface area contributed by atoms with E-state index in [1.165, 1.54) is 23.1 Å². The van der Waals surface area contributed by atoms with Crippen LogP contribution < -0.4 is 9.62 Å². The van der Waals surface area contributed by atoms with Gasteiger partial charge in [-0.05, 0) is 74.4 Å². The first-order valence-corrected chi connectivity index (χ1v) is 16.6. The molecule has 4 aromatic carbocycles. The van der Waals surface area contributed by atoms with Crippen LogP contribution in [0.5, 0.6) is 0 Å². The molecule has 0 aromatic heterocycles. The fourth-order valence-corrected chi connectivity index (χ4v) is 6.46. The smallest absolute Gasteiger partial charge is 0.352 e. The molecule has 0 aliphatic carbocycles. The minimum Gasteiger partial charge on any atom is -0.352 e. The second kappa shape index (κ2) is 15.0. The number of nitrogens with zero attached hydrogens (tertiary/aromatic N) is 2. The first kappa shape index (κ1) is 35.5. The van der Waals surface area contributed by atoms with Crippen LogP contribution in [0.25, 0.3) is 0 Å². The molecular formula is C35H35ClF3N3O4S. The Morgan fingerprint density at radius 2 is 1.49 bits per heavy atom. The van der Waals surface area contributed by atoms with E-state index < -0.39 is 46.2 Å². The van der Waals surface area contributed by atoms with Crippen LogP contribution in [0.1, 0.15) is 36.1 Å². The van der Waals surface area contributed by atoms with Crippen molar-refractivity contribution in [3.05, 3.63) is 130 Å². The summed E-state index contributed by atoms with van der Waals surface area (Å²) in [6.45, 7) is 4.30. The number of benzene rings is 4. The Kier molecular flexibility index (Phi) is 11.4. The highest BCUT2D eigenvalue weighted by molar-refractivity contribution is 7.92.